The first-order valence-electron chi connectivity index (χ1n) is 5.13. The number of halogens is 2. The Kier molecular flexibility index (Phi) is 5.18. The zero-order valence-corrected chi connectivity index (χ0v) is 9.70. The van der Waals surface area contributed by atoms with Gasteiger partial charge < -0.3 is 9.47 Å². The molecule has 0 bridgehead atoms. The van der Waals surface area contributed by atoms with E-state index in [1.165, 1.54) is 7.11 Å². The van der Waals surface area contributed by atoms with Crippen molar-refractivity contribution in [1.29, 1.82) is 0 Å². The van der Waals surface area contributed by atoms with Crippen LogP contribution in [0.1, 0.15) is 17.3 Å². The van der Waals surface area contributed by atoms with E-state index in [0.717, 1.165) is 18.2 Å². The zero-order chi connectivity index (χ0) is 12.8. The molecule has 5 heteroatoms. The van der Waals surface area contributed by atoms with Gasteiger partial charge in [0.2, 0.25) is 0 Å². The SMILES string of the molecule is COCC(C)OCC(=O)c1cc(F)ccc1F. The largest absolute Gasteiger partial charge is 0.382 e. The summed E-state index contributed by atoms with van der Waals surface area (Å²) in [6.07, 6.45) is -0.277. The first-order chi connectivity index (χ1) is 8.04. The van der Waals surface area contributed by atoms with Crippen LogP contribution < -0.4 is 0 Å². The van der Waals surface area contributed by atoms with Gasteiger partial charge in [0.15, 0.2) is 5.78 Å². The van der Waals surface area contributed by atoms with Crippen molar-refractivity contribution in [3.63, 3.8) is 0 Å². The van der Waals surface area contributed by atoms with Crippen molar-refractivity contribution in [2.24, 2.45) is 0 Å². The van der Waals surface area contributed by atoms with Crippen molar-refractivity contribution in [2.45, 2.75) is 13.0 Å². The summed E-state index contributed by atoms with van der Waals surface area (Å²) in [5.74, 6) is -2.00. The third-order valence-corrected chi connectivity index (χ3v) is 2.13. The highest BCUT2D eigenvalue weighted by Crippen LogP contribution is 2.11. The Morgan fingerprint density at radius 1 is 1.41 bits per heavy atom. The number of rotatable bonds is 6. The van der Waals surface area contributed by atoms with Crippen LogP contribution in [0.15, 0.2) is 18.2 Å². The molecule has 1 atom stereocenters. The molecular formula is C12H14F2O3. The summed E-state index contributed by atoms with van der Waals surface area (Å²) >= 11 is 0. The number of ether oxygens (including phenoxy) is 2. The Hall–Kier alpha value is -1.33. The van der Waals surface area contributed by atoms with Gasteiger partial charge in [0.1, 0.15) is 18.2 Å². The highest BCUT2D eigenvalue weighted by Gasteiger charge is 2.14. The topological polar surface area (TPSA) is 35.5 Å². The Balaban J connectivity index is 2.61. The molecule has 0 spiro atoms. The molecule has 0 aliphatic rings. The van der Waals surface area contributed by atoms with Crippen molar-refractivity contribution in [2.75, 3.05) is 20.3 Å². The number of carbonyl (C=O) groups excluding carboxylic acids is 1. The van der Waals surface area contributed by atoms with E-state index in [1.807, 2.05) is 0 Å². The second kappa shape index (κ2) is 6.42. The standard InChI is InChI=1S/C12H14F2O3/c1-8(6-16-2)17-7-12(15)10-5-9(13)3-4-11(10)14/h3-5,8H,6-7H2,1-2H3. The third kappa shape index (κ3) is 4.20. The Bertz CT molecular complexity index is 393. The molecule has 0 aliphatic heterocycles. The summed E-state index contributed by atoms with van der Waals surface area (Å²) in [6.45, 7) is 1.75. The lowest BCUT2D eigenvalue weighted by molar-refractivity contribution is 0.0124. The van der Waals surface area contributed by atoms with Gasteiger partial charge in [-0.05, 0) is 25.1 Å². The molecule has 0 fully saturated rings. The average Bonchev–Trinajstić information content (AvgIpc) is 2.29. The molecule has 0 amide bonds. The van der Waals surface area contributed by atoms with Crippen molar-refractivity contribution in [3.05, 3.63) is 35.4 Å². The van der Waals surface area contributed by atoms with Gasteiger partial charge in [-0.15, -0.1) is 0 Å². The second-order valence-corrected chi connectivity index (χ2v) is 3.62. The Morgan fingerprint density at radius 2 is 2.12 bits per heavy atom. The van der Waals surface area contributed by atoms with E-state index in [-0.39, 0.29) is 18.3 Å². The quantitative estimate of drug-likeness (QED) is 0.720. The van der Waals surface area contributed by atoms with Crippen LogP contribution in [0, 0.1) is 11.6 Å². The molecule has 0 heterocycles. The fourth-order valence-electron chi connectivity index (χ4n) is 1.29. The summed E-state index contributed by atoms with van der Waals surface area (Å²) < 4.78 is 36.0. The maximum Gasteiger partial charge on any atom is 0.191 e. The van der Waals surface area contributed by atoms with E-state index in [9.17, 15) is 13.6 Å². The van der Waals surface area contributed by atoms with Gasteiger partial charge in [0.25, 0.3) is 0 Å². The van der Waals surface area contributed by atoms with Crippen LogP contribution in [0.3, 0.4) is 0 Å². The van der Waals surface area contributed by atoms with E-state index in [0.29, 0.717) is 6.61 Å². The maximum atomic E-state index is 13.2. The van der Waals surface area contributed by atoms with Crippen molar-refractivity contribution < 1.29 is 23.0 Å². The predicted octanol–water partition coefficient (Wildman–Crippen LogP) is 2.20. The molecular weight excluding hydrogens is 230 g/mol. The summed E-state index contributed by atoms with van der Waals surface area (Å²) in [5.41, 5.74) is -0.297. The minimum atomic E-state index is -0.751. The molecule has 1 aromatic rings. The number of ketones is 1. The smallest absolute Gasteiger partial charge is 0.191 e. The van der Waals surface area contributed by atoms with E-state index >= 15 is 0 Å². The van der Waals surface area contributed by atoms with Crippen LogP contribution in [0.5, 0.6) is 0 Å². The Morgan fingerprint density at radius 3 is 2.76 bits per heavy atom. The van der Waals surface area contributed by atoms with Gasteiger partial charge in [0.05, 0.1) is 18.3 Å². The molecule has 94 valence electrons. The summed E-state index contributed by atoms with van der Waals surface area (Å²) in [4.78, 5) is 11.6. The first kappa shape index (κ1) is 13.7. The van der Waals surface area contributed by atoms with Crippen LogP contribution in [0.25, 0.3) is 0 Å². The van der Waals surface area contributed by atoms with E-state index in [4.69, 9.17) is 9.47 Å². The molecule has 17 heavy (non-hydrogen) atoms. The van der Waals surface area contributed by atoms with E-state index in [1.54, 1.807) is 6.92 Å². The fourth-order valence-corrected chi connectivity index (χ4v) is 1.29. The minimum absolute atomic E-state index is 0.277. The van der Waals surface area contributed by atoms with Crippen LogP contribution in [0.2, 0.25) is 0 Å². The number of hydrogen-bond acceptors (Lipinski definition) is 3. The maximum absolute atomic E-state index is 13.2. The molecule has 0 radical (unpaired) electrons. The van der Waals surface area contributed by atoms with Crippen molar-refractivity contribution in [1.82, 2.24) is 0 Å². The van der Waals surface area contributed by atoms with Gasteiger partial charge in [-0.1, -0.05) is 0 Å². The van der Waals surface area contributed by atoms with Gasteiger partial charge in [-0.3, -0.25) is 4.79 Å². The molecule has 0 saturated carbocycles. The molecule has 0 aromatic heterocycles. The Labute approximate surface area is 98.3 Å². The predicted molar refractivity (Wildman–Crippen MR) is 58.0 cm³/mol. The van der Waals surface area contributed by atoms with Crippen LogP contribution in [0.4, 0.5) is 8.78 Å². The van der Waals surface area contributed by atoms with E-state index < -0.39 is 17.4 Å². The van der Waals surface area contributed by atoms with E-state index in [2.05, 4.69) is 0 Å². The molecule has 3 nitrogen and oxygen atoms in total. The fraction of sp³-hybridized carbons (Fsp3) is 0.417. The van der Waals surface area contributed by atoms with Crippen LogP contribution in [-0.4, -0.2) is 32.2 Å². The summed E-state index contributed by atoms with van der Waals surface area (Å²) in [6, 6.07) is 2.74. The number of hydrogen-bond donors (Lipinski definition) is 0. The highest BCUT2D eigenvalue weighted by atomic mass is 19.1. The first-order valence-corrected chi connectivity index (χ1v) is 5.13. The zero-order valence-electron chi connectivity index (χ0n) is 9.70. The van der Waals surface area contributed by atoms with Gasteiger partial charge in [-0.2, -0.15) is 0 Å². The lowest BCUT2D eigenvalue weighted by Gasteiger charge is -2.11. The highest BCUT2D eigenvalue weighted by molar-refractivity contribution is 5.97. The van der Waals surface area contributed by atoms with Crippen molar-refractivity contribution in [3.8, 4) is 0 Å². The third-order valence-electron chi connectivity index (χ3n) is 2.13. The van der Waals surface area contributed by atoms with Crippen molar-refractivity contribution >= 4 is 5.78 Å². The van der Waals surface area contributed by atoms with Gasteiger partial charge in [0, 0.05) is 7.11 Å². The molecule has 1 unspecified atom stereocenters. The molecule has 1 aromatic carbocycles. The normalized spacial score (nSPS) is 12.5. The molecule has 1 rings (SSSR count). The number of methoxy groups -OCH3 is 1. The monoisotopic (exact) mass is 244 g/mol. The number of benzene rings is 1. The molecule has 0 saturated heterocycles. The molecule has 0 aliphatic carbocycles. The number of Topliss-reactive ketones (excluding diaryl/α,β-unsaturated/α-hetero) is 1. The average molecular weight is 244 g/mol. The lowest BCUT2D eigenvalue weighted by Crippen LogP contribution is -2.20. The van der Waals surface area contributed by atoms with Gasteiger partial charge >= 0.3 is 0 Å². The van der Waals surface area contributed by atoms with Crippen LogP contribution >= 0.6 is 0 Å². The minimum Gasteiger partial charge on any atom is -0.382 e. The summed E-state index contributed by atoms with van der Waals surface area (Å²) in [7, 11) is 1.51. The second-order valence-electron chi connectivity index (χ2n) is 3.62. The van der Waals surface area contributed by atoms with Crippen LogP contribution in [-0.2, 0) is 9.47 Å². The number of carbonyl (C=O) groups is 1. The lowest BCUT2D eigenvalue weighted by atomic mass is 10.1. The summed E-state index contributed by atoms with van der Waals surface area (Å²) in [5, 5.41) is 0. The van der Waals surface area contributed by atoms with Gasteiger partial charge in [-0.25, -0.2) is 8.78 Å². The molecule has 0 N–H and O–H groups in total.